The number of aliphatic carboxylic acids is 1. The third kappa shape index (κ3) is 6.96. The van der Waals surface area contributed by atoms with Crippen LogP contribution < -0.4 is 9.64 Å². The van der Waals surface area contributed by atoms with Gasteiger partial charge in [-0.15, -0.1) is 0 Å². The molecule has 1 atom stereocenters. The van der Waals surface area contributed by atoms with E-state index in [2.05, 4.69) is 11.8 Å². The first-order valence-electron chi connectivity index (χ1n) is 12.5. The maximum atomic E-state index is 13.8. The quantitative estimate of drug-likeness (QED) is 0.312. The first-order valence-corrected chi connectivity index (χ1v) is 14.0. The number of amides is 1. The lowest BCUT2D eigenvalue weighted by Crippen LogP contribution is -2.50. The van der Waals surface area contributed by atoms with Crippen molar-refractivity contribution in [2.24, 2.45) is 0 Å². The van der Waals surface area contributed by atoms with Crippen molar-refractivity contribution in [3.8, 4) is 17.6 Å². The van der Waals surface area contributed by atoms with Crippen LogP contribution in [-0.2, 0) is 32.3 Å². The van der Waals surface area contributed by atoms with Crippen molar-refractivity contribution < 1.29 is 50.1 Å². The number of methoxy groups -OCH3 is 1. The molecule has 1 N–H and O–H groups in total. The van der Waals surface area contributed by atoms with Gasteiger partial charge in [0.2, 0.25) is 10.0 Å². The topological polar surface area (TPSA) is 113 Å². The second-order valence-electron chi connectivity index (χ2n) is 9.18. The molecule has 0 aromatic heterocycles. The fourth-order valence-corrected chi connectivity index (χ4v) is 5.97. The number of carbonyl (C=O) groups excluding carboxylic acids is 1. The highest BCUT2D eigenvalue weighted by Gasteiger charge is 2.43. The number of para-hydroxylation sites is 1. The molecule has 4 rings (SSSR count). The molecule has 1 aliphatic heterocycles. The van der Waals surface area contributed by atoms with E-state index < -0.39 is 64.2 Å². The highest BCUT2D eigenvalue weighted by molar-refractivity contribution is 7.89. The predicted molar refractivity (Wildman–Crippen MR) is 145 cm³/mol. The van der Waals surface area contributed by atoms with E-state index in [0.717, 1.165) is 4.90 Å². The normalized spacial score (nSPS) is 15.6. The fourth-order valence-electron chi connectivity index (χ4n) is 4.41. The number of benzene rings is 3. The van der Waals surface area contributed by atoms with Gasteiger partial charge in [-0.3, -0.25) is 9.59 Å². The molecule has 0 aliphatic carbocycles. The van der Waals surface area contributed by atoms with E-state index in [1.165, 1.54) is 55.6 Å². The van der Waals surface area contributed by atoms with E-state index in [9.17, 15) is 40.7 Å². The monoisotopic (exact) mass is 620 g/mol. The fraction of sp³-hybridized carbons (Fsp3) is 0.241. The summed E-state index contributed by atoms with van der Waals surface area (Å²) in [6, 6.07) is 10.5. The highest BCUT2D eigenvalue weighted by atomic mass is 32.2. The molecule has 1 amide bonds. The van der Waals surface area contributed by atoms with Crippen LogP contribution in [0.2, 0.25) is 0 Å². The van der Waals surface area contributed by atoms with Crippen molar-refractivity contribution in [1.82, 2.24) is 4.31 Å². The lowest BCUT2D eigenvalue weighted by atomic mass is 10.0. The Kier molecular flexibility index (Phi) is 9.39. The summed E-state index contributed by atoms with van der Waals surface area (Å²) in [6.45, 7) is -1.13. The molecule has 3 aromatic rings. The average molecular weight is 621 g/mol. The number of fused-ring (bicyclic) bond motifs is 1. The number of sulfonamides is 1. The van der Waals surface area contributed by atoms with Crippen LogP contribution in [-0.4, -0.2) is 62.6 Å². The van der Waals surface area contributed by atoms with Gasteiger partial charge in [-0.25, -0.2) is 12.8 Å². The molecule has 43 heavy (non-hydrogen) atoms. The van der Waals surface area contributed by atoms with Crippen molar-refractivity contribution in [2.45, 2.75) is 23.7 Å². The van der Waals surface area contributed by atoms with Crippen LogP contribution >= 0.6 is 0 Å². The van der Waals surface area contributed by atoms with Gasteiger partial charge in [0.1, 0.15) is 30.8 Å². The summed E-state index contributed by atoms with van der Waals surface area (Å²) in [5, 5.41) is 10.1. The van der Waals surface area contributed by atoms with E-state index in [4.69, 9.17) is 9.47 Å². The number of carbonyl (C=O) groups is 2. The minimum absolute atomic E-state index is 0.00669. The van der Waals surface area contributed by atoms with Gasteiger partial charge >= 0.3 is 12.1 Å². The number of hydrogen-bond donors (Lipinski definition) is 1. The van der Waals surface area contributed by atoms with Crippen LogP contribution in [0.4, 0.5) is 23.2 Å². The summed E-state index contributed by atoms with van der Waals surface area (Å²) in [4.78, 5) is 26.5. The molecule has 0 saturated carbocycles. The van der Waals surface area contributed by atoms with E-state index in [-0.39, 0.29) is 35.4 Å². The summed E-state index contributed by atoms with van der Waals surface area (Å²) >= 11 is 0. The Hall–Kier alpha value is -4.45. The molecular formula is C29H24F4N2O7S. The predicted octanol–water partition coefficient (Wildman–Crippen LogP) is 4.18. The number of nitrogens with zero attached hydrogens (tertiary/aromatic N) is 2. The maximum Gasteiger partial charge on any atom is 0.417 e. The zero-order valence-corrected chi connectivity index (χ0v) is 23.3. The largest absolute Gasteiger partial charge is 0.481 e. The van der Waals surface area contributed by atoms with Gasteiger partial charge in [-0.1, -0.05) is 30.0 Å². The lowest BCUT2D eigenvalue weighted by Gasteiger charge is -2.29. The lowest BCUT2D eigenvalue weighted by molar-refractivity contribution is -0.141. The van der Waals surface area contributed by atoms with E-state index >= 15 is 0 Å². The molecule has 0 spiro atoms. The average Bonchev–Trinajstić information content (AvgIpc) is 3.15. The standard InChI is InChI=1S/C29H24F4N2O7S/c1-41-14-4-5-15-42-21-9-11-22(12-10-21)43(39,40)35-17-19-6-2-3-7-25(19)34(18-26(35)28(37)38)27(36)23-13-8-20(30)16-24(23)29(31,32)33/h2-3,6-13,16,26H,14-15,17-18H2,1H3,(H,37,38). The first kappa shape index (κ1) is 31.5. The SMILES string of the molecule is COCC#CCOc1ccc(S(=O)(=O)N2Cc3ccccc3N(C(=O)c3ccc(F)cc3C(F)(F)F)CC2C(=O)O)cc1. The third-order valence-corrected chi connectivity index (χ3v) is 8.31. The van der Waals surface area contributed by atoms with Gasteiger partial charge in [-0.2, -0.15) is 17.5 Å². The Bertz CT molecular complexity index is 1680. The van der Waals surface area contributed by atoms with Crippen molar-refractivity contribution in [3.05, 3.63) is 89.2 Å². The van der Waals surface area contributed by atoms with E-state index in [1.54, 1.807) is 0 Å². The molecule has 1 aliphatic rings. The Morgan fingerprint density at radius 3 is 2.35 bits per heavy atom. The Morgan fingerprint density at radius 1 is 1.02 bits per heavy atom. The molecule has 9 nitrogen and oxygen atoms in total. The molecule has 1 heterocycles. The summed E-state index contributed by atoms with van der Waals surface area (Å²) < 4.78 is 93.4. The number of hydrogen-bond acceptors (Lipinski definition) is 6. The summed E-state index contributed by atoms with van der Waals surface area (Å²) in [6.07, 6.45) is -5.10. The zero-order valence-electron chi connectivity index (χ0n) is 22.5. The molecule has 3 aromatic carbocycles. The number of anilines is 1. The van der Waals surface area contributed by atoms with E-state index in [0.29, 0.717) is 22.2 Å². The van der Waals surface area contributed by atoms with Crippen LogP contribution in [0, 0.1) is 17.7 Å². The summed E-state index contributed by atoms with van der Waals surface area (Å²) in [7, 11) is -3.05. The Morgan fingerprint density at radius 2 is 1.70 bits per heavy atom. The molecule has 226 valence electrons. The number of alkyl halides is 3. The minimum atomic E-state index is -5.10. The second-order valence-corrected chi connectivity index (χ2v) is 11.1. The zero-order chi connectivity index (χ0) is 31.4. The maximum absolute atomic E-state index is 13.8. The molecule has 0 radical (unpaired) electrons. The van der Waals surface area contributed by atoms with Crippen LogP contribution in [0.5, 0.6) is 5.75 Å². The molecule has 14 heteroatoms. The third-order valence-electron chi connectivity index (χ3n) is 6.44. The van der Waals surface area contributed by atoms with Gasteiger partial charge in [0.15, 0.2) is 0 Å². The van der Waals surface area contributed by atoms with Gasteiger partial charge in [0, 0.05) is 19.3 Å². The second kappa shape index (κ2) is 12.8. The smallest absolute Gasteiger partial charge is 0.417 e. The molecule has 1 unspecified atom stereocenters. The van der Waals surface area contributed by atoms with Gasteiger partial charge in [0.05, 0.1) is 22.6 Å². The minimum Gasteiger partial charge on any atom is -0.481 e. The van der Waals surface area contributed by atoms with Crippen LogP contribution in [0.25, 0.3) is 0 Å². The van der Waals surface area contributed by atoms with Crippen LogP contribution in [0.3, 0.4) is 0 Å². The Labute approximate surface area is 244 Å². The molecule has 0 bridgehead atoms. The van der Waals surface area contributed by atoms with Crippen LogP contribution in [0.15, 0.2) is 71.6 Å². The number of ether oxygens (including phenoxy) is 2. The Balaban J connectivity index is 1.72. The molecular weight excluding hydrogens is 596 g/mol. The van der Waals surface area contributed by atoms with Crippen molar-refractivity contribution in [2.75, 3.05) is 31.8 Å². The van der Waals surface area contributed by atoms with Gasteiger partial charge in [-0.05, 0) is 54.1 Å². The van der Waals surface area contributed by atoms with Crippen molar-refractivity contribution in [1.29, 1.82) is 0 Å². The van der Waals surface area contributed by atoms with Gasteiger partial charge in [0.25, 0.3) is 5.91 Å². The molecule has 0 fully saturated rings. The number of carboxylic acids is 1. The van der Waals surface area contributed by atoms with Crippen LogP contribution in [0.1, 0.15) is 21.5 Å². The van der Waals surface area contributed by atoms with Gasteiger partial charge < -0.3 is 19.5 Å². The summed E-state index contributed by atoms with van der Waals surface area (Å²) in [5.74, 6) is 1.54. The highest BCUT2D eigenvalue weighted by Crippen LogP contribution is 2.36. The van der Waals surface area contributed by atoms with Crippen molar-refractivity contribution >= 4 is 27.6 Å². The molecule has 0 saturated heterocycles. The summed E-state index contributed by atoms with van der Waals surface area (Å²) in [5.41, 5.74) is -2.31. The van der Waals surface area contributed by atoms with E-state index in [1.807, 2.05) is 0 Å². The first-order chi connectivity index (χ1) is 20.3. The number of halogens is 4. The number of rotatable bonds is 7. The number of carboxylic acid groups (broad SMARTS) is 1. The van der Waals surface area contributed by atoms with Crippen molar-refractivity contribution in [3.63, 3.8) is 0 Å².